The maximum Gasteiger partial charge on any atom is 0.205 e. The van der Waals surface area contributed by atoms with Gasteiger partial charge in [0.1, 0.15) is 5.82 Å². The number of hydrogen-bond donors (Lipinski definition) is 1. The molecule has 2 rings (SSSR count). The minimum Gasteiger partial charge on any atom is -0.390 e. The molecule has 0 aliphatic carbocycles. The fourth-order valence-corrected chi connectivity index (χ4v) is 3.03. The van der Waals surface area contributed by atoms with Gasteiger partial charge in [-0.3, -0.25) is 4.90 Å². The van der Waals surface area contributed by atoms with E-state index in [-0.39, 0.29) is 5.41 Å². The molecule has 1 aromatic heterocycles. The Morgan fingerprint density at radius 3 is 2.62 bits per heavy atom. The number of anilines is 1. The summed E-state index contributed by atoms with van der Waals surface area (Å²) in [5.74, 6) is 0.858. The Kier molecular flexibility index (Phi) is 5.54. The van der Waals surface area contributed by atoms with Gasteiger partial charge in [0.15, 0.2) is 0 Å². The summed E-state index contributed by atoms with van der Waals surface area (Å²) in [6.45, 7) is 10.9. The zero-order valence-corrected chi connectivity index (χ0v) is 14.2. The first-order valence-corrected chi connectivity index (χ1v) is 8.17. The predicted molar refractivity (Wildman–Crippen MR) is 85.1 cm³/mol. The van der Waals surface area contributed by atoms with Crippen molar-refractivity contribution in [3.8, 4) is 0 Å². The fourth-order valence-electron chi connectivity index (χ4n) is 2.21. The molecule has 1 aliphatic heterocycles. The molecule has 1 fully saturated rings. The van der Waals surface area contributed by atoms with E-state index in [0.717, 1.165) is 37.3 Å². The van der Waals surface area contributed by atoms with Crippen LogP contribution in [0.15, 0.2) is 0 Å². The summed E-state index contributed by atoms with van der Waals surface area (Å²) in [4.78, 5) is 8.79. The number of β-amino-alcohol motifs (C(OH)–C–C–N with tert-alkyl or cyclic N) is 1. The summed E-state index contributed by atoms with van der Waals surface area (Å²) >= 11 is 1.39. The first-order chi connectivity index (χ1) is 9.86. The number of aliphatic hydroxyl groups excluding tert-OH is 1. The van der Waals surface area contributed by atoms with Crippen LogP contribution in [0.5, 0.6) is 0 Å². The van der Waals surface area contributed by atoms with Gasteiger partial charge in [-0.2, -0.15) is 4.37 Å². The van der Waals surface area contributed by atoms with Crippen molar-refractivity contribution in [1.29, 1.82) is 0 Å². The second kappa shape index (κ2) is 7.00. The normalized spacial score (nSPS) is 18.7. The van der Waals surface area contributed by atoms with Crippen LogP contribution in [0.25, 0.3) is 0 Å². The summed E-state index contributed by atoms with van der Waals surface area (Å²) in [7, 11) is 1.95. The average molecular weight is 314 g/mol. The molecule has 21 heavy (non-hydrogen) atoms. The molecule has 0 radical (unpaired) electrons. The molecule has 0 amide bonds. The van der Waals surface area contributed by atoms with E-state index in [4.69, 9.17) is 4.74 Å². The molecule has 0 spiro atoms. The summed E-state index contributed by atoms with van der Waals surface area (Å²) in [5.41, 5.74) is -0.0397. The van der Waals surface area contributed by atoms with Gasteiger partial charge in [-0.25, -0.2) is 4.98 Å². The van der Waals surface area contributed by atoms with Gasteiger partial charge in [0.2, 0.25) is 5.13 Å². The highest BCUT2D eigenvalue weighted by Crippen LogP contribution is 2.24. The SMILES string of the molecule is CN(CC(O)CN1CCOCC1)c1nc(C(C)(C)C)ns1. The molecule has 1 N–H and O–H groups in total. The number of nitrogens with zero attached hydrogens (tertiary/aromatic N) is 4. The van der Waals surface area contributed by atoms with Crippen LogP contribution in [0, 0.1) is 0 Å². The lowest BCUT2D eigenvalue weighted by Crippen LogP contribution is -2.44. The highest BCUT2D eigenvalue weighted by molar-refractivity contribution is 7.09. The van der Waals surface area contributed by atoms with Crippen molar-refractivity contribution in [2.24, 2.45) is 0 Å². The second-order valence-corrected chi connectivity index (χ2v) is 7.33. The van der Waals surface area contributed by atoms with E-state index in [2.05, 4.69) is 35.0 Å². The molecule has 120 valence electrons. The van der Waals surface area contributed by atoms with Gasteiger partial charge in [-0.1, -0.05) is 20.8 Å². The Labute approximate surface area is 130 Å². The van der Waals surface area contributed by atoms with E-state index in [0.29, 0.717) is 13.1 Å². The predicted octanol–water partition coefficient (Wildman–Crippen LogP) is 0.965. The molecule has 6 nitrogen and oxygen atoms in total. The minimum absolute atomic E-state index is 0.0397. The van der Waals surface area contributed by atoms with Crippen LogP contribution in [0.4, 0.5) is 5.13 Å². The van der Waals surface area contributed by atoms with Crippen molar-refractivity contribution in [1.82, 2.24) is 14.3 Å². The van der Waals surface area contributed by atoms with E-state index in [1.165, 1.54) is 11.5 Å². The van der Waals surface area contributed by atoms with Crippen molar-refractivity contribution in [3.05, 3.63) is 5.82 Å². The molecule has 1 saturated heterocycles. The number of rotatable bonds is 5. The third-order valence-corrected chi connectivity index (χ3v) is 4.30. The van der Waals surface area contributed by atoms with Crippen LogP contribution >= 0.6 is 11.5 Å². The van der Waals surface area contributed by atoms with Crippen LogP contribution in [0.3, 0.4) is 0 Å². The van der Waals surface area contributed by atoms with Crippen LogP contribution in [-0.2, 0) is 10.2 Å². The summed E-state index contributed by atoms with van der Waals surface area (Å²) in [6.07, 6.45) is -0.393. The van der Waals surface area contributed by atoms with Crippen LogP contribution in [0.2, 0.25) is 0 Å². The highest BCUT2D eigenvalue weighted by atomic mass is 32.1. The molecule has 1 aromatic rings. The highest BCUT2D eigenvalue weighted by Gasteiger charge is 2.22. The molecule has 1 atom stereocenters. The van der Waals surface area contributed by atoms with Gasteiger partial charge in [-0.15, -0.1) is 0 Å². The molecule has 1 unspecified atom stereocenters. The van der Waals surface area contributed by atoms with Gasteiger partial charge in [-0.05, 0) is 0 Å². The Balaban J connectivity index is 1.85. The monoisotopic (exact) mass is 314 g/mol. The first-order valence-electron chi connectivity index (χ1n) is 7.40. The molecular formula is C14H26N4O2S. The summed E-state index contributed by atoms with van der Waals surface area (Å²) in [5, 5.41) is 11.1. The van der Waals surface area contributed by atoms with Gasteiger partial charge >= 0.3 is 0 Å². The van der Waals surface area contributed by atoms with E-state index in [1.807, 2.05) is 11.9 Å². The van der Waals surface area contributed by atoms with Gasteiger partial charge in [0, 0.05) is 50.2 Å². The Bertz CT molecular complexity index is 440. The number of morpholine rings is 1. The lowest BCUT2D eigenvalue weighted by atomic mass is 9.96. The molecular weight excluding hydrogens is 288 g/mol. The van der Waals surface area contributed by atoms with Crippen molar-refractivity contribution < 1.29 is 9.84 Å². The zero-order chi connectivity index (χ0) is 15.5. The largest absolute Gasteiger partial charge is 0.390 e. The maximum atomic E-state index is 10.2. The number of aliphatic hydroxyl groups is 1. The maximum absolute atomic E-state index is 10.2. The van der Waals surface area contributed by atoms with Gasteiger partial charge < -0.3 is 14.7 Å². The quantitative estimate of drug-likeness (QED) is 0.874. The smallest absolute Gasteiger partial charge is 0.205 e. The van der Waals surface area contributed by atoms with E-state index < -0.39 is 6.10 Å². The van der Waals surface area contributed by atoms with Crippen molar-refractivity contribution >= 4 is 16.7 Å². The Morgan fingerprint density at radius 2 is 2.05 bits per heavy atom. The standard InChI is InChI=1S/C14H26N4O2S/c1-14(2,3)12-15-13(21-16-12)17(4)9-11(19)10-18-5-7-20-8-6-18/h11,19H,5-10H2,1-4H3. The number of aromatic nitrogens is 2. The number of ether oxygens (including phenoxy) is 1. The molecule has 7 heteroatoms. The topological polar surface area (TPSA) is 61.7 Å². The molecule has 0 aromatic carbocycles. The van der Waals surface area contributed by atoms with E-state index in [1.54, 1.807) is 0 Å². The van der Waals surface area contributed by atoms with Crippen molar-refractivity contribution in [2.45, 2.75) is 32.3 Å². The fraction of sp³-hybridized carbons (Fsp3) is 0.857. The third kappa shape index (κ3) is 4.88. The van der Waals surface area contributed by atoms with Crippen LogP contribution in [0.1, 0.15) is 26.6 Å². The van der Waals surface area contributed by atoms with Crippen molar-refractivity contribution in [2.75, 3.05) is 51.3 Å². The van der Waals surface area contributed by atoms with Gasteiger partial charge in [0.25, 0.3) is 0 Å². The molecule has 2 heterocycles. The first kappa shape index (κ1) is 16.6. The second-order valence-electron chi connectivity index (χ2n) is 6.60. The van der Waals surface area contributed by atoms with E-state index >= 15 is 0 Å². The molecule has 0 bridgehead atoms. The number of hydrogen-bond acceptors (Lipinski definition) is 7. The minimum atomic E-state index is -0.393. The molecule has 1 aliphatic rings. The van der Waals surface area contributed by atoms with Gasteiger partial charge in [0.05, 0.1) is 19.3 Å². The zero-order valence-electron chi connectivity index (χ0n) is 13.4. The lowest BCUT2D eigenvalue weighted by Gasteiger charge is -2.29. The Morgan fingerprint density at radius 1 is 1.38 bits per heavy atom. The number of likely N-dealkylation sites (N-methyl/N-ethyl adjacent to an activating group) is 1. The summed E-state index contributed by atoms with van der Waals surface area (Å²) in [6, 6.07) is 0. The Hall–Kier alpha value is -0.760. The lowest BCUT2D eigenvalue weighted by molar-refractivity contribution is 0.0162. The summed E-state index contributed by atoms with van der Waals surface area (Å²) < 4.78 is 9.73. The van der Waals surface area contributed by atoms with Crippen LogP contribution < -0.4 is 4.90 Å². The van der Waals surface area contributed by atoms with Crippen LogP contribution in [-0.4, -0.2) is 71.9 Å². The van der Waals surface area contributed by atoms with E-state index in [9.17, 15) is 5.11 Å². The van der Waals surface area contributed by atoms with Crippen molar-refractivity contribution in [3.63, 3.8) is 0 Å². The molecule has 0 saturated carbocycles. The third-order valence-electron chi connectivity index (χ3n) is 3.47. The average Bonchev–Trinajstić information content (AvgIpc) is 2.89.